The number of alkyl halides is 2. The maximum atomic E-state index is 15.5. The number of ether oxygens (including phenoxy) is 1. The number of carbonyl (C=O) groups excluding carboxylic acids is 1. The minimum Gasteiger partial charge on any atom is -0.471 e. The van der Waals surface area contributed by atoms with E-state index >= 15 is 8.78 Å². The average molecular weight is 474 g/mol. The highest BCUT2D eigenvalue weighted by atomic mass is 19.3. The molecule has 186 valence electrons. The lowest BCUT2D eigenvalue weighted by Crippen LogP contribution is -2.32. The summed E-state index contributed by atoms with van der Waals surface area (Å²) in [6.45, 7) is 4.75. The summed E-state index contributed by atoms with van der Waals surface area (Å²) in [7, 11) is 1.86. The third-order valence-corrected chi connectivity index (χ3v) is 8.01. The lowest BCUT2D eigenvalue weighted by Gasteiger charge is -2.24. The largest absolute Gasteiger partial charge is 0.471 e. The number of hydrogen-bond donors (Lipinski definition) is 0. The zero-order chi connectivity index (χ0) is 24.3. The van der Waals surface area contributed by atoms with Gasteiger partial charge in [0, 0.05) is 18.9 Å². The molecule has 0 amide bonds. The number of nitrogens with zero attached hydrogens (tertiary/aromatic N) is 3. The second kappa shape index (κ2) is 10.6. The topological polar surface area (TPSA) is 55.3 Å². The van der Waals surface area contributed by atoms with Crippen LogP contribution in [0.25, 0.3) is 11.0 Å². The Kier molecular flexibility index (Phi) is 7.80. The van der Waals surface area contributed by atoms with Crippen molar-refractivity contribution in [1.82, 2.24) is 14.9 Å². The third-order valence-electron chi connectivity index (χ3n) is 8.01. The van der Waals surface area contributed by atoms with Crippen LogP contribution < -0.4 is 4.74 Å². The van der Waals surface area contributed by atoms with E-state index in [0.717, 1.165) is 19.1 Å². The molecule has 1 saturated carbocycles. The summed E-state index contributed by atoms with van der Waals surface area (Å²) in [5.41, 5.74) is 0.580. The lowest BCUT2D eigenvalue weighted by atomic mass is 9.91. The Labute approximate surface area is 201 Å². The van der Waals surface area contributed by atoms with Gasteiger partial charge in [0.2, 0.25) is 5.88 Å². The minimum absolute atomic E-state index is 0.0781. The molecule has 0 N–H and O–H groups in total. The fourth-order valence-electron chi connectivity index (χ4n) is 5.89. The fraction of sp³-hybridized carbons (Fsp3) is 0.667. The van der Waals surface area contributed by atoms with E-state index in [0.29, 0.717) is 42.3 Å². The Morgan fingerprint density at radius 1 is 1.18 bits per heavy atom. The molecule has 1 aromatic carbocycles. The quantitative estimate of drug-likeness (QED) is 0.313. The number of carbonyl (C=O) groups is 1. The summed E-state index contributed by atoms with van der Waals surface area (Å²) in [4.78, 5) is 22.3. The molecule has 2 aliphatic rings. The third kappa shape index (κ3) is 5.24. The number of likely N-dealkylation sites (tertiary alicyclic amines) is 1. The van der Waals surface area contributed by atoms with Gasteiger partial charge in [0.05, 0.1) is 17.1 Å². The summed E-state index contributed by atoms with van der Waals surface area (Å²) in [6, 6.07) is 6.75. The first-order chi connectivity index (χ1) is 16.3. The van der Waals surface area contributed by atoms with Crippen LogP contribution in [0.4, 0.5) is 8.78 Å². The molecule has 0 bridgehead atoms. The van der Waals surface area contributed by atoms with E-state index in [2.05, 4.69) is 16.9 Å². The number of likely N-dealkylation sites (N-methyl/N-ethyl adjacent to an activating group) is 1. The molecule has 2 fully saturated rings. The van der Waals surface area contributed by atoms with E-state index in [-0.39, 0.29) is 36.1 Å². The average Bonchev–Trinajstić information content (AvgIpc) is 3.37. The predicted octanol–water partition coefficient (Wildman–Crippen LogP) is 6.00. The molecule has 5 nitrogen and oxygen atoms in total. The number of hydrogen-bond acceptors (Lipinski definition) is 5. The van der Waals surface area contributed by atoms with Gasteiger partial charge in [0.25, 0.3) is 5.92 Å². The van der Waals surface area contributed by atoms with Gasteiger partial charge in [-0.2, -0.15) is 8.78 Å². The van der Waals surface area contributed by atoms with Crippen molar-refractivity contribution < 1.29 is 18.3 Å². The van der Waals surface area contributed by atoms with Gasteiger partial charge in [-0.15, -0.1) is 0 Å². The second-order valence-corrected chi connectivity index (χ2v) is 10.3. The smallest absolute Gasteiger partial charge is 0.295 e. The van der Waals surface area contributed by atoms with Crippen molar-refractivity contribution in [2.45, 2.75) is 83.3 Å². The number of aldehydes is 1. The summed E-state index contributed by atoms with van der Waals surface area (Å²) in [5, 5.41) is 0. The normalized spacial score (nSPS) is 28.0. The molecular formula is C27H37F2N3O2. The van der Waals surface area contributed by atoms with Crippen LogP contribution in [0.3, 0.4) is 0 Å². The lowest BCUT2D eigenvalue weighted by molar-refractivity contribution is -0.112. The van der Waals surface area contributed by atoms with Crippen LogP contribution in [0, 0.1) is 17.8 Å². The van der Waals surface area contributed by atoms with Gasteiger partial charge in [0.15, 0.2) is 5.69 Å². The van der Waals surface area contributed by atoms with Crippen molar-refractivity contribution in [3.05, 3.63) is 30.0 Å². The summed E-state index contributed by atoms with van der Waals surface area (Å²) in [5.74, 6) is -1.94. The highest BCUT2D eigenvalue weighted by Gasteiger charge is 2.43. The second-order valence-electron chi connectivity index (χ2n) is 10.3. The molecule has 0 spiro atoms. The van der Waals surface area contributed by atoms with Crippen molar-refractivity contribution in [1.29, 1.82) is 0 Å². The Morgan fingerprint density at radius 3 is 2.56 bits per heavy atom. The number of aromatic nitrogens is 2. The Bertz CT molecular complexity index is 986. The van der Waals surface area contributed by atoms with Crippen LogP contribution in [0.15, 0.2) is 24.3 Å². The van der Waals surface area contributed by atoms with Gasteiger partial charge in [-0.1, -0.05) is 58.1 Å². The SMILES string of the molecule is CC[C@H]1C(C=O)N(C)C[C@@H]1Oc1nc2ccccc2nc1C(F)(F)CCCC[C@@H]1CCCC1C. The number of fused-ring (bicyclic) bond motifs is 1. The highest BCUT2D eigenvalue weighted by molar-refractivity contribution is 5.75. The molecule has 2 heterocycles. The maximum absolute atomic E-state index is 15.5. The van der Waals surface area contributed by atoms with Crippen LogP contribution in [-0.4, -0.2) is 46.9 Å². The van der Waals surface area contributed by atoms with Crippen molar-refractivity contribution >= 4 is 17.3 Å². The zero-order valence-corrected chi connectivity index (χ0v) is 20.6. The number of para-hydroxylation sites is 2. The van der Waals surface area contributed by atoms with Crippen LogP contribution in [-0.2, 0) is 10.7 Å². The first kappa shape index (κ1) is 25.0. The standard InChI is InChI=1S/C27H37F2N3O2/c1-4-20-23(17-33)32(3)16-24(20)34-26-25(30-21-13-5-6-14-22(21)31-26)27(28,29)15-8-7-11-19-12-9-10-18(19)2/h5-6,13-14,17-20,23-24H,4,7-12,15-16H2,1-3H3/t18?,19-,20+,23?,24+/m1/s1. The molecule has 2 aromatic rings. The van der Waals surface area contributed by atoms with Crippen molar-refractivity contribution in [3.63, 3.8) is 0 Å². The number of halogens is 2. The van der Waals surface area contributed by atoms with Gasteiger partial charge in [-0.25, -0.2) is 9.97 Å². The van der Waals surface area contributed by atoms with Crippen LogP contribution in [0.2, 0.25) is 0 Å². The van der Waals surface area contributed by atoms with Gasteiger partial charge in [-0.05, 0) is 43.9 Å². The molecule has 2 unspecified atom stereocenters. The Hall–Kier alpha value is -2.15. The van der Waals surface area contributed by atoms with Gasteiger partial charge in [0.1, 0.15) is 12.4 Å². The Balaban J connectivity index is 1.54. The van der Waals surface area contributed by atoms with E-state index in [1.807, 2.05) is 24.9 Å². The molecule has 1 aliphatic heterocycles. The number of benzene rings is 1. The molecule has 34 heavy (non-hydrogen) atoms. The molecule has 4 rings (SSSR count). The molecule has 7 heteroatoms. The fourth-order valence-corrected chi connectivity index (χ4v) is 5.89. The molecule has 0 radical (unpaired) electrons. The monoisotopic (exact) mass is 473 g/mol. The molecule has 1 saturated heterocycles. The first-order valence-corrected chi connectivity index (χ1v) is 12.8. The van der Waals surface area contributed by atoms with Crippen LogP contribution >= 0.6 is 0 Å². The maximum Gasteiger partial charge on any atom is 0.295 e. The molecule has 1 aliphatic carbocycles. The molecular weight excluding hydrogens is 436 g/mol. The Morgan fingerprint density at radius 2 is 1.91 bits per heavy atom. The number of rotatable bonds is 10. The zero-order valence-electron chi connectivity index (χ0n) is 20.6. The van der Waals surface area contributed by atoms with Gasteiger partial charge >= 0.3 is 0 Å². The van der Waals surface area contributed by atoms with Gasteiger partial charge < -0.3 is 9.53 Å². The summed E-state index contributed by atoms with van der Waals surface area (Å²) >= 11 is 0. The van der Waals surface area contributed by atoms with Gasteiger partial charge in [-0.3, -0.25) is 4.90 Å². The summed E-state index contributed by atoms with van der Waals surface area (Å²) < 4.78 is 37.2. The van der Waals surface area contributed by atoms with E-state index in [9.17, 15) is 4.79 Å². The van der Waals surface area contributed by atoms with Crippen molar-refractivity contribution in [3.8, 4) is 5.88 Å². The van der Waals surface area contributed by atoms with E-state index in [1.165, 1.54) is 19.3 Å². The molecule has 5 atom stereocenters. The van der Waals surface area contributed by atoms with Crippen molar-refractivity contribution in [2.75, 3.05) is 13.6 Å². The minimum atomic E-state index is -3.13. The van der Waals surface area contributed by atoms with E-state index in [4.69, 9.17) is 4.74 Å². The van der Waals surface area contributed by atoms with E-state index < -0.39 is 5.92 Å². The van der Waals surface area contributed by atoms with Crippen LogP contribution in [0.5, 0.6) is 5.88 Å². The number of unbranched alkanes of at least 4 members (excludes halogenated alkanes) is 1. The first-order valence-electron chi connectivity index (χ1n) is 12.8. The summed E-state index contributed by atoms with van der Waals surface area (Å²) in [6.07, 6.45) is 6.98. The predicted molar refractivity (Wildman–Crippen MR) is 129 cm³/mol. The highest BCUT2D eigenvalue weighted by Crippen LogP contribution is 2.41. The van der Waals surface area contributed by atoms with Crippen LogP contribution in [0.1, 0.15) is 70.9 Å². The van der Waals surface area contributed by atoms with Crippen molar-refractivity contribution in [2.24, 2.45) is 17.8 Å². The van der Waals surface area contributed by atoms with E-state index in [1.54, 1.807) is 18.2 Å². The molecule has 1 aromatic heterocycles.